The first-order chi connectivity index (χ1) is 7.37. The lowest BCUT2D eigenvalue weighted by atomic mass is 9.95. The second kappa shape index (κ2) is 4.93. The Labute approximate surface area is 94.7 Å². The predicted molar refractivity (Wildman–Crippen MR) is 55.9 cm³/mol. The second-order valence-corrected chi connectivity index (χ2v) is 4.40. The van der Waals surface area contributed by atoms with Crippen molar-refractivity contribution in [1.82, 2.24) is 0 Å². The van der Waals surface area contributed by atoms with Gasteiger partial charge in [0.2, 0.25) is 0 Å². The van der Waals surface area contributed by atoms with E-state index in [1.807, 2.05) is 6.92 Å². The van der Waals surface area contributed by atoms with E-state index in [-0.39, 0.29) is 18.8 Å². The zero-order chi connectivity index (χ0) is 12.3. The van der Waals surface area contributed by atoms with Crippen molar-refractivity contribution in [2.75, 3.05) is 6.61 Å². The van der Waals surface area contributed by atoms with Gasteiger partial charge in [-0.2, -0.15) is 0 Å². The Morgan fingerprint density at radius 2 is 2.12 bits per heavy atom. The van der Waals surface area contributed by atoms with Crippen LogP contribution in [0.3, 0.4) is 0 Å². The predicted octanol–water partition coefficient (Wildman–Crippen LogP) is 1.21. The molecule has 1 rings (SSSR count). The maximum atomic E-state index is 11.7. The Kier molecular flexibility index (Phi) is 4.04. The molecule has 1 aliphatic rings. The molecule has 0 spiro atoms. The normalized spacial score (nSPS) is 25.3. The van der Waals surface area contributed by atoms with Crippen LogP contribution in [-0.2, 0) is 19.1 Å². The minimum atomic E-state index is -1.13. The maximum Gasteiger partial charge on any atom is 0.316 e. The molecule has 0 aromatic heterocycles. The molecule has 16 heavy (non-hydrogen) atoms. The van der Waals surface area contributed by atoms with Gasteiger partial charge in [-0.3, -0.25) is 9.59 Å². The summed E-state index contributed by atoms with van der Waals surface area (Å²) >= 11 is 0. The highest BCUT2D eigenvalue weighted by Crippen LogP contribution is 2.28. The molecule has 0 radical (unpaired) electrons. The third-order valence-corrected chi connectivity index (χ3v) is 2.51. The maximum absolute atomic E-state index is 11.7. The Bertz CT molecular complexity index is 284. The zero-order valence-electron chi connectivity index (χ0n) is 9.86. The number of rotatable bonds is 5. The number of aliphatic carboxylic acids is 1. The van der Waals surface area contributed by atoms with Crippen LogP contribution >= 0.6 is 0 Å². The average Bonchev–Trinajstić information content (AvgIpc) is 2.46. The van der Waals surface area contributed by atoms with Crippen molar-refractivity contribution in [1.29, 1.82) is 0 Å². The van der Waals surface area contributed by atoms with Gasteiger partial charge in [-0.15, -0.1) is 0 Å². The van der Waals surface area contributed by atoms with Crippen molar-refractivity contribution in [2.24, 2.45) is 5.92 Å². The van der Waals surface area contributed by atoms with Crippen LogP contribution in [0.4, 0.5) is 0 Å². The molecule has 0 saturated carbocycles. The lowest BCUT2D eigenvalue weighted by Gasteiger charge is -2.20. The number of carboxylic acid groups (broad SMARTS) is 1. The highest BCUT2D eigenvalue weighted by molar-refractivity contribution is 5.98. The van der Waals surface area contributed by atoms with Crippen molar-refractivity contribution in [3.8, 4) is 0 Å². The molecule has 1 N–H and O–H groups in total. The quantitative estimate of drug-likeness (QED) is 0.718. The summed E-state index contributed by atoms with van der Waals surface area (Å²) < 4.78 is 10.7. The standard InChI is InChI=1S/C11H18O5/c1-4-5-7(12)9(10(13)14)8-6-15-11(2,3)16-8/h8-9H,4-6H2,1-3H3,(H,13,14)/t8-,9?/m1/s1. The van der Waals surface area contributed by atoms with Crippen molar-refractivity contribution < 1.29 is 24.2 Å². The fourth-order valence-corrected chi connectivity index (χ4v) is 1.79. The SMILES string of the molecule is CCCC(=O)C(C(=O)O)[C@H]1COC(C)(C)O1. The van der Waals surface area contributed by atoms with E-state index >= 15 is 0 Å². The monoisotopic (exact) mass is 230 g/mol. The summed E-state index contributed by atoms with van der Waals surface area (Å²) in [6, 6.07) is 0. The molecular weight excluding hydrogens is 212 g/mol. The van der Waals surface area contributed by atoms with Gasteiger partial charge in [0.15, 0.2) is 5.79 Å². The number of carbonyl (C=O) groups excluding carboxylic acids is 1. The van der Waals surface area contributed by atoms with E-state index in [4.69, 9.17) is 14.6 Å². The number of carbonyl (C=O) groups is 2. The number of hydrogen-bond acceptors (Lipinski definition) is 4. The molecule has 5 heteroatoms. The average molecular weight is 230 g/mol. The van der Waals surface area contributed by atoms with Crippen molar-refractivity contribution in [2.45, 2.75) is 45.5 Å². The summed E-state index contributed by atoms with van der Waals surface area (Å²) in [6.45, 7) is 5.40. The number of hydrogen-bond donors (Lipinski definition) is 1. The van der Waals surface area contributed by atoms with Gasteiger partial charge in [0.1, 0.15) is 17.8 Å². The van der Waals surface area contributed by atoms with E-state index < -0.39 is 23.8 Å². The van der Waals surface area contributed by atoms with Crippen LogP contribution in [0.25, 0.3) is 0 Å². The van der Waals surface area contributed by atoms with Crippen LogP contribution in [0.15, 0.2) is 0 Å². The largest absolute Gasteiger partial charge is 0.481 e. The van der Waals surface area contributed by atoms with Crippen LogP contribution < -0.4 is 0 Å². The molecule has 1 aliphatic heterocycles. The molecule has 1 fully saturated rings. The third-order valence-electron chi connectivity index (χ3n) is 2.51. The summed E-state index contributed by atoms with van der Waals surface area (Å²) in [7, 11) is 0. The highest BCUT2D eigenvalue weighted by Gasteiger charge is 2.43. The molecule has 5 nitrogen and oxygen atoms in total. The number of Topliss-reactive ketones (excluding diaryl/α,β-unsaturated/α-hetero) is 1. The van der Waals surface area contributed by atoms with E-state index in [0.717, 1.165) is 0 Å². The Morgan fingerprint density at radius 3 is 2.50 bits per heavy atom. The van der Waals surface area contributed by atoms with Gasteiger partial charge in [-0.25, -0.2) is 0 Å². The summed E-state index contributed by atoms with van der Waals surface area (Å²) in [6.07, 6.45) is 0.225. The summed E-state index contributed by atoms with van der Waals surface area (Å²) in [5.74, 6) is -3.34. The molecular formula is C11H18O5. The van der Waals surface area contributed by atoms with Crippen molar-refractivity contribution >= 4 is 11.8 Å². The first-order valence-electron chi connectivity index (χ1n) is 5.44. The van der Waals surface area contributed by atoms with Gasteiger partial charge in [0.25, 0.3) is 0 Å². The zero-order valence-corrected chi connectivity index (χ0v) is 9.86. The molecule has 2 atom stereocenters. The number of ketones is 1. The molecule has 1 unspecified atom stereocenters. The molecule has 0 aliphatic carbocycles. The minimum Gasteiger partial charge on any atom is -0.481 e. The third kappa shape index (κ3) is 3.02. The molecule has 1 heterocycles. The molecule has 0 amide bonds. The Hall–Kier alpha value is -0.940. The van der Waals surface area contributed by atoms with Crippen LogP contribution in [0.5, 0.6) is 0 Å². The second-order valence-electron chi connectivity index (χ2n) is 4.40. The van der Waals surface area contributed by atoms with Crippen LogP contribution in [0.1, 0.15) is 33.6 Å². The van der Waals surface area contributed by atoms with Crippen molar-refractivity contribution in [3.05, 3.63) is 0 Å². The summed E-state index contributed by atoms with van der Waals surface area (Å²) in [4.78, 5) is 22.7. The first kappa shape index (κ1) is 13.1. The van der Waals surface area contributed by atoms with Crippen LogP contribution in [-0.4, -0.2) is 35.4 Å². The highest BCUT2D eigenvalue weighted by atomic mass is 16.7. The van der Waals surface area contributed by atoms with E-state index in [1.165, 1.54) is 0 Å². The Morgan fingerprint density at radius 1 is 1.50 bits per heavy atom. The van der Waals surface area contributed by atoms with Crippen molar-refractivity contribution in [3.63, 3.8) is 0 Å². The molecule has 92 valence electrons. The summed E-state index contributed by atoms with van der Waals surface area (Å²) in [5.41, 5.74) is 0. The fraction of sp³-hybridized carbons (Fsp3) is 0.818. The van der Waals surface area contributed by atoms with Gasteiger partial charge in [0.05, 0.1) is 6.61 Å². The van der Waals surface area contributed by atoms with E-state index in [1.54, 1.807) is 13.8 Å². The molecule has 0 aromatic rings. The first-order valence-corrected chi connectivity index (χ1v) is 5.44. The smallest absolute Gasteiger partial charge is 0.316 e. The number of ether oxygens (including phenoxy) is 2. The van der Waals surface area contributed by atoms with Crippen LogP contribution in [0, 0.1) is 5.92 Å². The van der Waals surface area contributed by atoms with E-state index in [0.29, 0.717) is 6.42 Å². The van der Waals surface area contributed by atoms with Gasteiger partial charge in [-0.1, -0.05) is 6.92 Å². The molecule has 0 aromatic carbocycles. The topological polar surface area (TPSA) is 72.8 Å². The molecule has 0 bridgehead atoms. The lowest BCUT2D eigenvalue weighted by Crippen LogP contribution is -2.37. The van der Waals surface area contributed by atoms with E-state index in [9.17, 15) is 9.59 Å². The fourth-order valence-electron chi connectivity index (χ4n) is 1.79. The van der Waals surface area contributed by atoms with Gasteiger partial charge < -0.3 is 14.6 Å². The Balaban J connectivity index is 2.72. The minimum absolute atomic E-state index is 0.152. The van der Waals surface area contributed by atoms with Gasteiger partial charge in [-0.05, 0) is 20.3 Å². The number of carboxylic acids is 1. The lowest BCUT2D eigenvalue weighted by molar-refractivity contribution is -0.163. The van der Waals surface area contributed by atoms with E-state index in [2.05, 4.69) is 0 Å². The summed E-state index contributed by atoms with van der Waals surface area (Å²) in [5, 5.41) is 9.04. The van der Waals surface area contributed by atoms with Crippen LogP contribution in [0.2, 0.25) is 0 Å². The van der Waals surface area contributed by atoms with Gasteiger partial charge in [0, 0.05) is 6.42 Å². The molecule has 1 saturated heterocycles. The van der Waals surface area contributed by atoms with Gasteiger partial charge >= 0.3 is 5.97 Å².